The van der Waals surface area contributed by atoms with Crippen molar-refractivity contribution in [1.29, 1.82) is 0 Å². The highest BCUT2D eigenvalue weighted by Crippen LogP contribution is 2.42. The van der Waals surface area contributed by atoms with Crippen molar-refractivity contribution >= 4 is 5.97 Å². The van der Waals surface area contributed by atoms with Crippen LogP contribution in [0.15, 0.2) is 11.8 Å². The third kappa shape index (κ3) is 3.35. The molecule has 0 aromatic rings. The molecule has 4 nitrogen and oxygen atoms in total. The third-order valence-electron chi connectivity index (χ3n) is 3.25. The summed E-state index contributed by atoms with van der Waals surface area (Å²) in [6.07, 6.45) is 4.50. The molecule has 0 N–H and O–H groups in total. The molecule has 2 aliphatic rings. The number of carbonyl (C=O) groups is 1. The van der Waals surface area contributed by atoms with Crippen molar-refractivity contribution in [3.63, 3.8) is 0 Å². The quantitative estimate of drug-likeness (QED) is 0.543. The lowest BCUT2D eigenvalue weighted by Crippen LogP contribution is -2.46. The van der Waals surface area contributed by atoms with Gasteiger partial charge in [0, 0.05) is 25.8 Å². The van der Waals surface area contributed by atoms with E-state index in [4.69, 9.17) is 14.2 Å². The summed E-state index contributed by atoms with van der Waals surface area (Å²) in [6.45, 7) is 3.75. The highest BCUT2D eigenvalue weighted by Gasteiger charge is 2.51. The van der Waals surface area contributed by atoms with E-state index in [2.05, 4.69) is 23.7 Å². The van der Waals surface area contributed by atoms with E-state index in [9.17, 15) is 4.79 Å². The van der Waals surface area contributed by atoms with Crippen molar-refractivity contribution in [2.75, 3.05) is 6.61 Å². The van der Waals surface area contributed by atoms with Gasteiger partial charge in [0.15, 0.2) is 6.10 Å². The number of ether oxygens (including phenoxy) is 3. The van der Waals surface area contributed by atoms with Gasteiger partial charge in [-0.15, -0.1) is 0 Å². The number of hydrogen-bond donors (Lipinski definition) is 0. The maximum absolute atomic E-state index is 11.2. The fourth-order valence-corrected chi connectivity index (χ4v) is 2.43. The van der Waals surface area contributed by atoms with E-state index in [0.29, 0.717) is 18.8 Å². The van der Waals surface area contributed by atoms with Gasteiger partial charge in [-0.1, -0.05) is 11.8 Å². The SMILES string of the molecule is CC#CC#C/C=C1\C[C@H](OC(C)=O)[C@@]2(CCCCO2)O1. The molecule has 2 rings (SSSR count). The molecular formula is C16H18O4. The lowest BCUT2D eigenvalue weighted by molar-refractivity contribution is -0.259. The largest absolute Gasteiger partial charge is 0.462 e. The van der Waals surface area contributed by atoms with Gasteiger partial charge >= 0.3 is 5.97 Å². The highest BCUT2D eigenvalue weighted by atomic mass is 16.7. The molecule has 2 fully saturated rings. The normalized spacial score (nSPS) is 29.9. The average Bonchev–Trinajstić information content (AvgIpc) is 2.73. The zero-order valence-corrected chi connectivity index (χ0v) is 11.8. The van der Waals surface area contributed by atoms with Crippen LogP contribution in [0.4, 0.5) is 0 Å². The second-order valence-electron chi connectivity index (χ2n) is 4.78. The number of rotatable bonds is 1. The minimum atomic E-state index is -0.826. The Morgan fingerprint density at radius 1 is 1.45 bits per heavy atom. The van der Waals surface area contributed by atoms with E-state index in [1.165, 1.54) is 6.92 Å². The van der Waals surface area contributed by atoms with Crippen LogP contribution in [0, 0.1) is 23.7 Å². The second-order valence-corrected chi connectivity index (χ2v) is 4.78. The Balaban J connectivity index is 2.15. The molecule has 2 aliphatic heterocycles. The molecule has 0 aliphatic carbocycles. The molecule has 0 aromatic heterocycles. The van der Waals surface area contributed by atoms with Crippen LogP contribution in [0.3, 0.4) is 0 Å². The van der Waals surface area contributed by atoms with Gasteiger partial charge in [0.25, 0.3) is 0 Å². The van der Waals surface area contributed by atoms with Crippen molar-refractivity contribution in [2.45, 2.75) is 51.4 Å². The Morgan fingerprint density at radius 3 is 2.95 bits per heavy atom. The topological polar surface area (TPSA) is 44.8 Å². The first-order chi connectivity index (χ1) is 9.66. The van der Waals surface area contributed by atoms with Crippen LogP contribution in [0.25, 0.3) is 0 Å². The molecule has 0 saturated carbocycles. The van der Waals surface area contributed by atoms with Crippen LogP contribution in [0.2, 0.25) is 0 Å². The molecule has 1 spiro atoms. The molecule has 0 bridgehead atoms. The van der Waals surface area contributed by atoms with Gasteiger partial charge < -0.3 is 14.2 Å². The van der Waals surface area contributed by atoms with E-state index in [-0.39, 0.29) is 5.97 Å². The summed E-state index contributed by atoms with van der Waals surface area (Å²) >= 11 is 0. The van der Waals surface area contributed by atoms with Crippen molar-refractivity contribution in [1.82, 2.24) is 0 Å². The first kappa shape index (κ1) is 14.5. The predicted molar refractivity (Wildman–Crippen MR) is 73.1 cm³/mol. The summed E-state index contributed by atoms with van der Waals surface area (Å²) in [7, 11) is 0. The monoisotopic (exact) mass is 274 g/mol. The predicted octanol–water partition coefficient (Wildman–Crippen LogP) is 2.15. The highest BCUT2D eigenvalue weighted by molar-refractivity contribution is 5.66. The molecular weight excluding hydrogens is 256 g/mol. The van der Waals surface area contributed by atoms with Crippen molar-refractivity contribution in [2.24, 2.45) is 0 Å². The first-order valence-corrected chi connectivity index (χ1v) is 6.78. The van der Waals surface area contributed by atoms with E-state index in [0.717, 1.165) is 19.3 Å². The smallest absolute Gasteiger partial charge is 0.303 e. The number of allylic oxidation sites excluding steroid dienone is 1. The summed E-state index contributed by atoms with van der Waals surface area (Å²) in [5.74, 6) is 10.4. The van der Waals surface area contributed by atoms with Crippen LogP contribution in [0.1, 0.15) is 39.5 Å². The van der Waals surface area contributed by atoms with Crippen molar-refractivity contribution in [3.05, 3.63) is 11.8 Å². The lowest BCUT2D eigenvalue weighted by Gasteiger charge is -2.36. The zero-order valence-electron chi connectivity index (χ0n) is 11.8. The van der Waals surface area contributed by atoms with Crippen LogP contribution in [-0.4, -0.2) is 24.5 Å². The van der Waals surface area contributed by atoms with Gasteiger partial charge in [-0.2, -0.15) is 0 Å². The van der Waals surface area contributed by atoms with Gasteiger partial charge in [0.1, 0.15) is 5.76 Å². The Bertz CT molecular complexity index is 518. The molecule has 2 atom stereocenters. The Labute approximate surface area is 119 Å². The fraction of sp³-hybridized carbons (Fsp3) is 0.562. The van der Waals surface area contributed by atoms with Crippen molar-refractivity contribution in [3.8, 4) is 23.7 Å². The van der Waals surface area contributed by atoms with E-state index in [1.54, 1.807) is 13.0 Å². The summed E-state index contributed by atoms with van der Waals surface area (Å²) in [4.78, 5) is 11.2. The molecule has 2 heterocycles. The van der Waals surface area contributed by atoms with E-state index >= 15 is 0 Å². The standard InChI is InChI=1S/C16H18O4/c1-3-4-5-6-9-14-12-15(19-13(2)17)16(20-14)10-7-8-11-18-16/h9,15H,7-8,10-12H2,1-2H3/b14-9+/t15-,16+/m0/s1. The van der Waals surface area contributed by atoms with E-state index in [1.807, 2.05) is 0 Å². The van der Waals surface area contributed by atoms with Gasteiger partial charge in [0.2, 0.25) is 5.79 Å². The molecule has 0 radical (unpaired) electrons. The van der Waals surface area contributed by atoms with Crippen LogP contribution >= 0.6 is 0 Å². The van der Waals surface area contributed by atoms with Crippen LogP contribution in [-0.2, 0) is 19.0 Å². The minimum Gasteiger partial charge on any atom is -0.462 e. The first-order valence-electron chi connectivity index (χ1n) is 6.78. The maximum Gasteiger partial charge on any atom is 0.303 e. The fourth-order valence-electron chi connectivity index (χ4n) is 2.43. The Hall–Kier alpha value is -1.91. The number of esters is 1. The summed E-state index contributed by atoms with van der Waals surface area (Å²) in [5, 5.41) is 0. The van der Waals surface area contributed by atoms with Crippen LogP contribution in [0.5, 0.6) is 0 Å². The van der Waals surface area contributed by atoms with Gasteiger partial charge in [0.05, 0.1) is 6.61 Å². The average molecular weight is 274 g/mol. The maximum atomic E-state index is 11.2. The molecule has 2 saturated heterocycles. The van der Waals surface area contributed by atoms with Gasteiger partial charge in [-0.05, 0) is 31.6 Å². The van der Waals surface area contributed by atoms with Gasteiger partial charge in [-0.25, -0.2) is 0 Å². The molecule has 20 heavy (non-hydrogen) atoms. The minimum absolute atomic E-state index is 0.323. The van der Waals surface area contributed by atoms with Gasteiger partial charge in [-0.3, -0.25) is 4.79 Å². The zero-order chi connectivity index (χ0) is 14.4. The summed E-state index contributed by atoms with van der Waals surface area (Å²) in [6, 6.07) is 0. The molecule has 4 heteroatoms. The summed E-state index contributed by atoms with van der Waals surface area (Å²) in [5.41, 5.74) is 0. The number of hydrogen-bond acceptors (Lipinski definition) is 4. The molecule has 106 valence electrons. The molecule has 0 amide bonds. The van der Waals surface area contributed by atoms with Crippen LogP contribution < -0.4 is 0 Å². The number of carbonyl (C=O) groups excluding carboxylic acids is 1. The Morgan fingerprint density at radius 2 is 2.30 bits per heavy atom. The summed E-state index contributed by atoms with van der Waals surface area (Å²) < 4.78 is 17.0. The van der Waals surface area contributed by atoms with Crippen molar-refractivity contribution < 1.29 is 19.0 Å². The lowest BCUT2D eigenvalue weighted by atomic mass is 9.99. The molecule has 0 unspecified atom stereocenters. The third-order valence-corrected chi connectivity index (χ3v) is 3.25. The second kappa shape index (κ2) is 6.50. The Kier molecular flexibility index (Phi) is 4.71. The molecule has 0 aromatic carbocycles. The van der Waals surface area contributed by atoms with E-state index < -0.39 is 11.9 Å².